The van der Waals surface area contributed by atoms with Gasteiger partial charge in [0.15, 0.2) is 0 Å². The Labute approximate surface area is 138 Å². The van der Waals surface area contributed by atoms with Crippen LogP contribution >= 0.6 is 0 Å². The van der Waals surface area contributed by atoms with E-state index < -0.39 is 15.6 Å². The molecule has 0 fully saturated rings. The van der Waals surface area contributed by atoms with Crippen molar-refractivity contribution in [3.05, 3.63) is 24.5 Å². The monoisotopic (exact) mass is 342 g/mol. The fraction of sp³-hybridized carbons (Fsp3) is 0.600. The van der Waals surface area contributed by atoms with Crippen LogP contribution in [0.3, 0.4) is 0 Å². The normalized spacial score (nSPS) is 14.7. The average molecular weight is 342 g/mol. The summed E-state index contributed by atoms with van der Waals surface area (Å²) in [7, 11) is -2.38. The molecule has 0 aliphatic carbocycles. The lowest BCUT2D eigenvalue weighted by molar-refractivity contribution is -0.123. The minimum Gasteiger partial charge on any atom is -0.349 e. The fourth-order valence-electron chi connectivity index (χ4n) is 2.43. The standard InChI is InChI=1S/C15H26N4O3S/c1-12(2)8-15(3,11-16)18-14(20)10-19(4)23(21,22)13-6-5-7-17-9-13/h5-7,9,12H,8,10-11,16H2,1-4H3,(H,18,20). The Morgan fingerprint density at radius 2 is 2.13 bits per heavy atom. The Kier molecular flexibility index (Phi) is 6.67. The van der Waals surface area contributed by atoms with Crippen molar-refractivity contribution in [1.82, 2.24) is 14.6 Å². The summed E-state index contributed by atoms with van der Waals surface area (Å²) in [5.74, 6) is -0.0192. The number of aromatic nitrogens is 1. The van der Waals surface area contributed by atoms with Gasteiger partial charge in [-0.25, -0.2) is 8.42 Å². The largest absolute Gasteiger partial charge is 0.349 e. The van der Waals surface area contributed by atoms with E-state index in [1.165, 1.54) is 31.6 Å². The summed E-state index contributed by atoms with van der Waals surface area (Å²) in [4.78, 5) is 16.0. The van der Waals surface area contributed by atoms with Crippen LogP contribution in [0.2, 0.25) is 0 Å². The van der Waals surface area contributed by atoms with Crippen LogP contribution in [0, 0.1) is 5.92 Å². The van der Waals surface area contributed by atoms with Crippen LogP contribution in [0.25, 0.3) is 0 Å². The lowest BCUT2D eigenvalue weighted by Gasteiger charge is -2.32. The summed E-state index contributed by atoms with van der Waals surface area (Å²) in [6.45, 7) is 5.96. The maximum atomic E-state index is 12.4. The molecule has 0 saturated heterocycles. The minimum atomic E-state index is -3.74. The zero-order chi connectivity index (χ0) is 17.7. The van der Waals surface area contributed by atoms with Crippen LogP contribution < -0.4 is 11.1 Å². The third-order valence-corrected chi connectivity index (χ3v) is 5.25. The number of carbonyl (C=O) groups excluding carboxylic acids is 1. The summed E-state index contributed by atoms with van der Waals surface area (Å²) < 4.78 is 25.7. The highest BCUT2D eigenvalue weighted by Gasteiger charge is 2.28. The number of nitrogens with one attached hydrogen (secondary N) is 1. The van der Waals surface area contributed by atoms with Gasteiger partial charge in [-0.15, -0.1) is 0 Å². The molecule has 23 heavy (non-hydrogen) atoms. The first-order valence-electron chi connectivity index (χ1n) is 7.48. The topological polar surface area (TPSA) is 105 Å². The molecule has 1 heterocycles. The van der Waals surface area contributed by atoms with Gasteiger partial charge in [-0.1, -0.05) is 13.8 Å². The second-order valence-corrected chi connectivity index (χ2v) is 8.41. The van der Waals surface area contributed by atoms with Crippen LogP contribution in [0.5, 0.6) is 0 Å². The fourth-order valence-corrected chi connectivity index (χ4v) is 3.52. The van der Waals surface area contributed by atoms with E-state index in [1.807, 2.05) is 20.8 Å². The van der Waals surface area contributed by atoms with E-state index in [9.17, 15) is 13.2 Å². The third kappa shape index (κ3) is 5.56. The molecule has 1 aromatic heterocycles. The summed E-state index contributed by atoms with van der Waals surface area (Å²) in [6.07, 6.45) is 3.46. The van der Waals surface area contributed by atoms with Crippen molar-refractivity contribution in [1.29, 1.82) is 0 Å². The average Bonchev–Trinajstić information content (AvgIpc) is 2.46. The predicted molar refractivity (Wildman–Crippen MR) is 89.1 cm³/mol. The second kappa shape index (κ2) is 7.85. The van der Waals surface area contributed by atoms with Crippen molar-refractivity contribution in [3.8, 4) is 0 Å². The van der Waals surface area contributed by atoms with E-state index in [2.05, 4.69) is 10.3 Å². The van der Waals surface area contributed by atoms with Gasteiger partial charge >= 0.3 is 0 Å². The maximum Gasteiger partial charge on any atom is 0.244 e. The molecule has 1 rings (SSSR count). The number of hydrogen-bond acceptors (Lipinski definition) is 5. The minimum absolute atomic E-state index is 0.0547. The summed E-state index contributed by atoms with van der Waals surface area (Å²) in [6, 6.07) is 2.98. The predicted octanol–water partition coefficient (Wildman–Crippen LogP) is 0.582. The van der Waals surface area contributed by atoms with E-state index in [0.717, 1.165) is 4.31 Å². The first kappa shape index (κ1) is 19.5. The van der Waals surface area contributed by atoms with Crippen molar-refractivity contribution >= 4 is 15.9 Å². The van der Waals surface area contributed by atoms with Crippen molar-refractivity contribution in [2.75, 3.05) is 20.1 Å². The van der Waals surface area contributed by atoms with Gasteiger partial charge in [0.1, 0.15) is 4.90 Å². The van der Waals surface area contributed by atoms with Gasteiger partial charge in [-0.05, 0) is 31.4 Å². The van der Waals surface area contributed by atoms with Gasteiger partial charge in [0.05, 0.1) is 6.54 Å². The number of carbonyl (C=O) groups is 1. The third-order valence-electron chi connectivity index (χ3n) is 3.46. The second-order valence-electron chi connectivity index (χ2n) is 6.36. The summed E-state index contributed by atoms with van der Waals surface area (Å²) >= 11 is 0. The Morgan fingerprint density at radius 1 is 1.48 bits per heavy atom. The van der Waals surface area contributed by atoms with Gasteiger partial charge in [-0.2, -0.15) is 4.31 Å². The number of nitrogens with zero attached hydrogens (tertiary/aromatic N) is 2. The molecule has 8 heteroatoms. The molecule has 1 aromatic rings. The molecular formula is C15H26N4O3S. The number of hydrogen-bond donors (Lipinski definition) is 2. The Hall–Kier alpha value is -1.51. The van der Waals surface area contributed by atoms with E-state index in [0.29, 0.717) is 12.3 Å². The molecule has 0 radical (unpaired) electrons. The number of likely N-dealkylation sites (N-methyl/N-ethyl adjacent to an activating group) is 1. The lowest BCUT2D eigenvalue weighted by Crippen LogP contribution is -2.54. The van der Waals surface area contributed by atoms with Gasteiger partial charge in [0.25, 0.3) is 0 Å². The smallest absolute Gasteiger partial charge is 0.244 e. The Morgan fingerprint density at radius 3 is 2.61 bits per heavy atom. The summed E-state index contributed by atoms with van der Waals surface area (Å²) in [5, 5.41) is 2.84. The molecule has 7 nitrogen and oxygen atoms in total. The Balaban J connectivity index is 2.77. The number of rotatable bonds is 8. The number of amides is 1. The molecule has 0 spiro atoms. The molecule has 0 bridgehead atoms. The SMILES string of the molecule is CC(C)CC(C)(CN)NC(=O)CN(C)S(=O)(=O)c1cccnc1. The molecule has 0 aliphatic rings. The quantitative estimate of drug-likeness (QED) is 0.719. The van der Waals surface area contributed by atoms with Crippen molar-refractivity contribution in [2.24, 2.45) is 11.7 Å². The number of pyridine rings is 1. The van der Waals surface area contributed by atoms with Crippen molar-refractivity contribution < 1.29 is 13.2 Å². The van der Waals surface area contributed by atoms with Crippen molar-refractivity contribution in [2.45, 2.75) is 37.6 Å². The zero-order valence-corrected chi connectivity index (χ0v) is 14.9. The highest BCUT2D eigenvalue weighted by atomic mass is 32.2. The van der Waals surface area contributed by atoms with Crippen LogP contribution in [0.15, 0.2) is 29.4 Å². The highest BCUT2D eigenvalue weighted by molar-refractivity contribution is 7.89. The highest BCUT2D eigenvalue weighted by Crippen LogP contribution is 2.16. The molecule has 3 N–H and O–H groups in total. The van der Waals surface area contributed by atoms with Gasteiger partial charge in [-0.3, -0.25) is 9.78 Å². The summed E-state index contributed by atoms with van der Waals surface area (Å²) in [5.41, 5.74) is 5.21. The van der Waals surface area contributed by atoms with Gasteiger partial charge < -0.3 is 11.1 Å². The van der Waals surface area contributed by atoms with E-state index in [-0.39, 0.29) is 23.9 Å². The van der Waals surface area contributed by atoms with Crippen LogP contribution in [0.1, 0.15) is 27.2 Å². The van der Waals surface area contributed by atoms with E-state index >= 15 is 0 Å². The van der Waals surface area contributed by atoms with E-state index in [4.69, 9.17) is 5.73 Å². The van der Waals surface area contributed by atoms with E-state index in [1.54, 1.807) is 0 Å². The molecular weight excluding hydrogens is 316 g/mol. The molecule has 0 saturated carbocycles. The molecule has 1 amide bonds. The van der Waals surface area contributed by atoms with Crippen LogP contribution in [0.4, 0.5) is 0 Å². The molecule has 0 aromatic carbocycles. The lowest BCUT2D eigenvalue weighted by atomic mass is 9.91. The molecule has 0 aliphatic heterocycles. The van der Waals surface area contributed by atoms with Crippen LogP contribution in [-0.4, -0.2) is 49.3 Å². The Bertz CT molecular complexity index is 619. The first-order chi connectivity index (χ1) is 10.6. The number of nitrogens with two attached hydrogens (primary N) is 1. The van der Waals surface area contributed by atoms with Gasteiger partial charge in [0.2, 0.25) is 15.9 Å². The first-order valence-corrected chi connectivity index (χ1v) is 8.92. The molecule has 1 unspecified atom stereocenters. The van der Waals surface area contributed by atoms with Crippen LogP contribution in [-0.2, 0) is 14.8 Å². The molecule has 130 valence electrons. The zero-order valence-electron chi connectivity index (χ0n) is 14.1. The molecule has 1 atom stereocenters. The number of sulfonamides is 1. The maximum absolute atomic E-state index is 12.4. The van der Waals surface area contributed by atoms with Crippen molar-refractivity contribution in [3.63, 3.8) is 0 Å². The van der Waals surface area contributed by atoms with Gasteiger partial charge in [0, 0.05) is 31.5 Å².